The number of aryl methyl sites for hydroxylation is 1. The summed E-state index contributed by atoms with van der Waals surface area (Å²) in [6, 6.07) is 11.3. The molecule has 3 rings (SSSR count). The molecule has 0 saturated heterocycles. The summed E-state index contributed by atoms with van der Waals surface area (Å²) in [7, 11) is 1.61. The van der Waals surface area contributed by atoms with Crippen LogP contribution < -0.4 is 10.6 Å². The molecule has 8 heteroatoms. The van der Waals surface area contributed by atoms with E-state index in [2.05, 4.69) is 20.6 Å². The summed E-state index contributed by atoms with van der Waals surface area (Å²) in [6.07, 6.45) is 2.26. The first-order valence-electron chi connectivity index (χ1n) is 8.95. The van der Waals surface area contributed by atoms with Gasteiger partial charge in [0.25, 0.3) is 0 Å². The molecule has 29 heavy (non-hydrogen) atoms. The number of aromatic nitrogens is 1. The molecule has 1 aromatic heterocycles. The third-order valence-corrected chi connectivity index (χ3v) is 4.20. The Morgan fingerprint density at radius 3 is 2.59 bits per heavy atom. The molecule has 2 aromatic carbocycles. The number of hydrogen-bond donors (Lipinski definition) is 2. The standard InChI is InChI=1S/C21H22F2N4O.HI/c1-14-3-5-15(6-4-14)20-27-18(13-28-20)9-10-25-21(24-2)26-12-16-11-17(22)7-8-19(16)23;/h3-8,11,13H,9-10,12H2,1-2H3,(H2,24,25,26);1H. The number of oxazole rings is 1. The van der Waals surface area contributed by atoms with Crippen LogP contribution in [0, 0.1) is 18.6 Å². The number of guanidine groups is 1. The van der Waals surface area contributed by atoms with Crippen LogP contribution in [0.4, 0.5) is 8.78 Å². The smallest absolute Gasteiger partial charge is 0.226 e. The van der Waals surface area contributed by atoms with Crippen LogP contribution in [0.15, 0.2) is 58.1 Å². The van der Waals surface area contributed by atoms with E-state index in [9.17, 15) is 8.78 Å². The molecule has 0 aliphatic rings. The molecule has 5 nitrogen and oxygen atoms in total. The third-order valence-electron chi connectivity index (χ3n) is 4.20. The van der Waals surface area contributed by atoms with E-state index in [0.717, 1.165) is 29.5 Å². The summed E-state index contributed by atoms with van der Waals surface area (Å²) >= 11 is 0. The summed E-state index contributed by atoms with van der Waals surface area (Å²) in [6.45, 7) is 2.72. The molecule has 2 N–H and O–H groups in total. The van der Waals surface area contributed by atoms with Gasteiger partial charge in [-0.15, -0.1) is 24.0 Å². The fraction of sp³-hybridized carbons (Fsp3) is 0.238. The topological polar surface area (TPSA) is 62.5 Å². The molecule has 0 amide bonds. The largest absolute Gasteiger partial charge is 0.444 e. The summed E-state index contributed by atoms with van der Waals surface area (Å²) in [4.78, 5) is 8.57. The molecule has 0 unspecified atom stereocenters. The quantitative estimate of drug-likeness (QED) is 0.291. The Bertz CT molecular complexity index is 958. The van der Waals surface area contributed by atoms with E-state index in [1.165, 1.54) is 5.56 Å². The first-order chi connectivity index (χ1) is 13.5. The van der Waals surface area contributed by atoms with Crippen LogP contribution in [0.25, 0.3) is 11.5 Å². The highest BCUT2D eigenvalue weighted by atomic mass is 127. The van der Waals surface area contributed by atoms with Crippen LogP contribution >= 0.6 is 24.0 Å². The van der Waals surface area contributed by atoms with E-state index in [0.29, 0.717) is 24.8 Å². The second kappa shape index (κ2) is 10.9. The number of aliphatic imine (C=N–C) groups is 1. The fourth-order valence-electron chi connectivity index (χ4n) is 2.64. The van der Waals surface area contributed by atoms with Crippen molar-refractivity contribution in [1.82, 2.24) is 15.6 Å². The van der Waals surface area contributed by atoms with Crippen LogP contribution in [0.1, 0.15) is 16.8 Å². The summed E-state index contributed by atoms with van der Waals surface area (Å²) in [5, 5.41) is 6.08. The Kier molecular flexibility index (Phi) is 8.56. The van der Waals surface area contributed by atoms with Crippen molar-refractivity contribution in [2.45, 2.75) is 19.9 Å². The second-order valence-electron chi connectivity index (χ2n) is 6.35. The Balaban J connectivity index is 0.00000300. The Labute approximate surface area is 185 Å². The Morgan fingerprint density at radius 1 is 1.10 bits per heavy atom. The van der Waals surface area contributed by atoms with E-state index in [-0.39, 0.29) is 36.1 Å². The van der Waals surface area contributed by atoms with Gasteiger partial charge in [0, 0.05) is 37.7 Å². The molecule has 0 saturated carbocycles. The van der Waals surface area contributed by atoms with Gasteiger partial charge in [-0.05, 0) is 37.3 Å². The average Bonchev–Trinajstić information content (AvgIpc) is 3.16. The molecule has 0 bridgehead atoms. The third kappa shape index (κ3) is 6.52. The molecule has 0 fully saturated rings. The Hall–Kier alpha value is -2.49. The molecule has 0 aliphatic heterocycles. The van der Waals surface area contributed by atoms with Gasteiger partial charge in [0.05, 0.1) is 5.69 Å². The zero-order chi connectivity index (χ0) is 19.9. The maximum absolute atomic E-state index is 13.7. The van der Waals surface area contributed by atoms with Crippen LogP contribution in [0.2, 0.25) is 0 Å². The second-order valence-corrected chi connectivity index (χ2v) is 6.35. The van der Waals surface area contributed by atoms with Crippen molar-refractivity contribution in [2.24, 2.45) is 4.99 Å². The van der Waals surface area contributed by atoms with E-state index in [1.807, 2.05) is 31.2 Å². The first kappa shape index (κ1) is 22.8. The molecule has 154 valence electrons. The predicted octanol–water partition coefficient (Wildman–Crippen LogP) is 4.45. The lowest BCUT2D eigenvalue weighted by Crippen LogP contribution is -2.38. The van der Waals surface area contributed by atoms with Crippen molar-refractivity contribution >= 4 is 29.9 Å². The van der Waals surface area contributed by atoms with Crippen LogP contribution in [-0.4, -0.2) is 24.5 Å². The number of rotatable bonds is 6. The van der Waals surface area contributed by atoms with Crippen molar-refractivity contribution in [3.05, 3.63) is 77.2 Å². The summed E-state index contributed by atoms with van der Waals surface area (Å²) < 4.78 is 32.5. The molecule has 0 atom stereocenters. The molecule has 0 radical (unpaired) electrons. The van der Waals surface area contributed by atoms with Gasteiger partial charge in [0.1, 0.15) is 17.9 Å². The van der Waals surface area contributed by atoms with Gasteiger partial charge in [-0.3, -0.25) is 4.99 Å². The van der Waals surface area contributed by atoms with Crippen LogP contribution in [0.5, 0.6) is 0 Å². The first-order valence-corrected chi connectivity index (χ1v) is 8.95. The number of benzene rings is 2. The van der Waals surface area contributed by atoms with Gasteiger partial charge in [-0.2, -0.15) is 0 Å². The minimum atomic E-state index is -0.475. The molecule has 1 heterocycles. The zero-order valence-electron chi connectivity index (χ0n) is 16.2. The normalized spacial score (nSPS) is 11.1. The van der Waals surface area contributed by atoms with E-state index in [4.69, 9.17) is 4.42 Å². The number of nitrogens with one attached hydrogen (secondary N) is 2. The molecular formula is C21H23F2IN4O. The van der Waals surface area contributed by atoms with E-state index >= 15 is 0 Å². The SMILES string of the molecule is CN=C(NCCc1coc(-c2ccc(C)cc2)n1)NCc1cc(F)ccc1F.I. The predicted molar refractivity (Wildman–Crippen MR) is 120 cm³/mol. The van der Waals surface area contributed by atoms with Gasteiger partial charge in [0.2, 0.25) is 5.89 Å². The molecular weight excluding hydrogens is 489 g/mol. The van der Waals surface area contributed by atoms with E-state index in [1.54, 1.807) is 13.3 Å². The van der Waals surface area contributed by atoms with Gasteiger partial charge in [-0.25, -0.2) is 13.8 Å². The number of nitrogens with zero attached hydrogens (tertiary/aromatic N) is 2. The van der Waals surface area contributed by atoms with Crippen molar-refractivity contribution in [2.75, 3.05) is 13.6 Å². The maximum atomic E-state index is 13.7. The highest BCUT2D eigenvalue weighted by Crippen LogP contribution is 2.19. The van der Waals surface area contributed by atoms with Crippen LogP contribution in [0.3, 0.4) is 0 Å². The van der Waals surface area contributed by atoms with Crippen molar-refractivity contribution in [3.63, 3.8) is 0 Å². The molecule has 0 spiro atoms. The highest BCUT2D eigenvalue weighted by Gasteiger charge is 2.08. The summed E-state index contributed by atoms with van der Waals surface area (Å²) in [5.74, 6) is 0.136. The van der Waals surface area contributed by atoms with Crippen molar-refractivity contribution < 1.29 is 13.2 Å². The summed E-state index contributed by atoms with van der Waals surface area (Å²) in [5.41, 5.74) is 3.16. The number of hydrogen-bond acceptors (Lipinski definition) is 3. The zero-order valence-corrected chi connectivity index (χ0v) is 18.5. The maximum Gasteiger partial charge on any atom is 0.226 e. The molecule has 0 aliphatic carbocycles. The monoisotopic (exact) mass is 512 g/mol. The molecule has 3 aromatic rings. The lowest BCUT2D eigenvalue weighted by molar-refractivity contribution is 0.572. The van der Waals surface area contributed by atoms with E-state index < -0.39 is 11.6 Å². The fourth-order valence-corrected chi connectivity index (χ4v) is 2.64. The number of halogens is 3. The Morgan fingerprint density at radius 2 is 1.86 bits per heavy atom. The highest BCUT2D eigenvalue weighted by molar-refractivity contribution is 14.0. The van der Waals surface area contributed by atoms with Gasteiger partial charge in [-0.1, -0.05) is 17.7 Å². The van der Waals surface area contributed by atoms with Crippen LogP contribution in [-0.2, 0) is 13.0 Å². The van der Waals surface area contributed by atoms with Crippen molar-refractivity contribution in [3.8, 4) is 11.5 Å². The average molecular weight is 512 g/mol. The minimum absolute atomic E-state index is 0. The van der Waals surface area contributed by atoms with Gasteiger partial charge >= 0.3 is 0 Å². The van der Waals surface area contributed by atoms with Gasteiger partial charge < -0.3 is 15.1 Å². The van der Waals surface area contributed by atoms with Crippen molar-refractivity contribution in [1.29, 1.82) is 0 Å². The van der Waals surface area contributed by atoms with Gasteiger partial charge in [0.15, 0.2) is 5.96 Å². The lowest BCUT2D eigenvalue weighted by Gasteiger charge is -2.12. The minimum Gasteiger partial charge on any atom is -0.444 e. The lowest BCUT2D eigenvalue weighted by atomic mass is 10.1.